The van der Waals surface area contributed by atoms with Gasteiger partial charge in [0, 0.05) is 5.56 Å². The monoisotopic (exact) mass is 250 g/mol. The largest absolute Gasteiger partial charge is 0.508 e. The summed E-state index contributed by atoms with van der Waals surface area (Å²) in [6, 6.07) is 4.49. The molecule has 3 heteroatoms. The molecule has 0 spiro atoms. The molecule has 1 aromatic rings. The van der Waals surface area contributed by atoms with Crippen LogP contribution in [0.3, 0.4) is 0 Å². The van der Waals surface area contributed by atoms with Crippen LogP contribution in [0.1, 0.15) is 62.4 Å². The second-order valence-electron chi connectivity index (χ2n) is 5.38. The van der Waals surface area contributed by atoms with E-state index >= 15 is 0 Å². The number of carboxylic acids is 1. The van der Waals surface area contributed by atoms with Crippen LogP contribution in [0.5, 0.6) is 5.75 Å². The quantitative estimate of drug-likeness (QED) is 0.752. The zero-order valence-electron chi connectivity index (χ0n) is 11.4. The number of hydrogen-bond acceptors (Lipinski definition) is 2. The van der Waals surface area contributed by atoms with Crippen molar-refractivity contribution in [2.24, 2.45) is 0 Å². The van der Waals surface area contributed by atoms with Crippen molar-refractivity contribution in [3.05, 3.63) is 29.3 Å². The Labute approximate surface area is 108 Å². The van der Waals surface area contributed by atoms with Crippen LogP contribution < -0.4 is 0 Å². The van der Waals surface area contributed by atoms with Gasteiger partial charge in [-0.05, 0) is 30.0 Å². The third kappa shape index (κ3) is 3.49. The maximum atomic E-state index is 11.0. The molecule has 3 nitrogen and oxygen atoms in total. The number of aromatic hydroxyl groups is 1. The van der Waals surface area contributed by atoms with Gasteiger partial charge in [0.2, 0.25) is 0 Å². The molecule has 0 radical (unpaired) electrons. The maximum absolute atomic E-state index is 11.0. The summed E-state index contributed by atoms with van der Waals surface area (Å²) >= 11 is 0. The minimum absolute atomic E-state index is 0.182. The molecule has 0 aromatic heterocycles. The fourth-order valence-electron chi connectivity index (χ4n) is 2.16. The van der Waals surface area contributed by atoms with E-state index in [1.54, 1.807) is 6.07 Å². The van der Waals surface area contributed by atoms with E-state index in [0.29, 0.717) is 0 Å². The highest BCUT2D eigenvalue weighted by Gasteiger charge is 2.24. The van der Waals surface area contributed by atoms with E-state index in [-0.39, 0.29) is 16.7 Å². The number of benzene rings is 1. The summed E-state index contributed by atoms with van der Waals surface area (Å²) in [5.74, 6) is -0.776. The van der Waals surface area contributed by atoms with Gasteiger partial charge < -0.3 is 10.2 Å². The van der Waals surface area contributed by atoms with Gasteiger partial charge in [-0.1, -0.05) is 40.0 Å². The first-order valence-electron chi connectivity index (χ1n) is 6.45. The summed E-state index contributed by atoms with van der Waals surface area (Å²) in [4.78, 5) is 11.0. The SMILES string of the molecule is CCCCCC(C)(C)c1cc(C(=O)O)ccc1O. The van der Waals surface area contributed by atoms with Gasteiger partial charge in [-0.25, -0.2) is 4.79 Å². The van der Waals surface area contributed by atoms with Crippen molar-refractivity contribution < 1.29 is 15.0 Å². The maximum Gasteiger partial charge on any atom is 0.335 e. The molecule has 0 saturated heterocycles. The van der Waals surface area contributed by atoms with Gasteiger partial charge in [-0.3, -0.25) is 0 Å². The zero-order chi connectivity index (χ0) is 13.8. The molecular weight excluding hydrogens is 228 g/mol. The van der Waals surface area contributed by atoms with Crippen LogP contribution in [-0.4, -0.2) is 16.2 Å². The molecule has 0 unspecified atom stereocenters. The lowest BCUT2D eigenvalue weighted by atomic mass is 9.79. The van der Waals surface area contributed by atoms with Crippen LogP contribution in [0.2, 0.25) is 0 Å². The van der Waals surface area contributed by atoms with Gasteiger partial charge in [-0.2, -0.15) is 0 Å². The van der Waals surface area contributed by atoms with Crippen LogP contribution >= 0.6 is 0 Å². The summed E-state index contributed by atoms with van der Waals surface area (Å²) in [6.07, 6.45) is 4.33. The Kier molecular flexibility index (Phi) is 4.76. The van der Waals surface area contributed by atoms with Gasteiger partial charge in [0.1, 0.15) is 5.75 Å². The number of carboxylic acid groups (broad SMARTS) is 1. The first-order valence-corrected chi connectivity index (χ1v) is 6.45. The number of phenolic OH excluding ortho intramolecular Hbond substituents is 1. The highest BCUT2D eigenvalue weighted by molar-refractivity contribution is 5.88. The lowest BCUT2D eigenvalue weighted by molar-refractivity contribution is 0.0696. The predicted octanol–water partition coefficient (Wildman–Crippen LogP) is 3.95. The molecule has 2 N–H and O–H groups in total. The Morgan fingerprint density at radius 1 is 1.28 bits per heavy atom. The van der Waals surface area contributed by atoms with E-state index in [1.807, 2.05) is 13.8 Å². The lowest BCUT2D eigenvalue weighted by Gasteiger charge is -2.26. The molecule has 0 saturated carbocycles. The summed E-state index contributed by atoms with van der Waals surface area (Å²) in [7, 11) is 0. The molecule has 0 amide bonds. The molecule has 0 atom stereocenters. The number of unbranched alkanes of at least 4 members (excludes halogenated alkanes) is 2. The minimum Gasteiger partial charge on any atom is -0.508 e. The first kappa shape index (κ1) is 14.6. The van der Waals surface area contributed by atoms with E-state index in [1.165, 1.54) is 12.1 Å². The van der Waals surface area contributed by atoms with Gasteiger partial charge in [0.25, 0.3) is 0 Å². The molecular formula is C15H22O3. The van der Waals surface area contributed by atoms with E-state index in [4.69, 9.17) is 5.11 Å². The van der Waals surface area contributed by atoms with Crippen molar-refractivity contribution in [3.63, 3.8) is 0 Å². The number of phenols is 1. The van der Waals surface area contributed by atoms with Gasteiger partial charge in [0.15, 0.2) is 0 Å². The summed E-state index contributed by atoms with van der Waals surface area (Å²) in [5, 5.41) is 18.9. The van der Waals surface area contributed by atoms with Crippen LogP contribution in [-0.2, 0) is 5.41 Å². The highest BCUT2D eigenvalue weighted by atomic mass is 16.4. The van der Waals surface area contributed by atoms with Crippen molar-refractivity contribution in [2.75, 3.05) is 0 Å². The second-order valence-corrected chi connectivity index (χ2v) is 5.38. The molecule has 0 fully saturated rings. The van der Waals surface area contributed by atoms with Crippen molar-refractivity contribution in [1.82, 2.24) is 0 Å². The molecule has 0 heterocycles. The summed E-state index contributed by atoms with van der Waals surface area (Å²) in [6.45, 7) is 6.24. The highest BCUT2D eigenvalue weighted by Crippen LogP contribution is 2.35. The van der Waals surface area contributed by atoms with Crippen LogP contribution in [0, 0.1) is 0 Å². The average molecular weight is 250 g/mol. The molecule has 18 heavy (non-hydrogen) atoms. The molecule has 1 rings (SSSR count). The Hall–Kier alpha value is -1.51. The Balaban J connectivity index is 2.98. The molecule has 1 aromatic carbocycles. The fraction of sp³-hybridized carbons (Fsp3) is 0.533. The van der Waals surface area contributed by atoms with Gasteiger partial charge >= 0.3 is 5.97 Å². The number of hydrogen-bond donors (Lipinski definition) is 2. The third-order valence-electron chi connectivity index (χ3n) is 3.38. The minimum atomic E-state index is -0.958. The van der Waals surface area contributed by atoms with Gasteiger partial charge in [-0.15, -0.1) is 0 Å². The predicted molar refractivity (Wildman–Crippen MR) is 72.2 cm³/mol. The normalized spacial score (nSPS) is 11.5. The van der Waals surface area contributed by atoms with Crippen molar-refractivity contribution in [2.45, 2.75) is 51.9 Å². The van der Waals surface area contributed by atoms with Crippen LogP contribution in [0.4, 0.5) is 0 Å². The standard InChI is InChI=1S/C15H22O3/c1-4-5-6-9-15(2,3)12-10-11(14(17)18)7-8-13(12)16/h7-8,10,16H,4-6,9H2,1-3H3,(H,17,18). The van der Waals surface area contributed by atoms with Gasteiger partial charge in [0.05, 0.1) is 5.56 Å². The lowest BCUT2D eigenvalue weighted by Crippen LogP contribution is -2.18. The third-order valence-corrected chi connectivity index (χ3v) is 3.38. The molecule has 100 valence electrons. The van der Waals surface area contributed by atoms with E-state index in [0.717, 1.165) is 31.2 Å². The summed E-state index contributed by atoms with van der Waals surface area (Å²) in [5.41, 5.74) is 0.745. The first-order chi connectivity index (χ1) is 8.38. The molecule has 0 aliphatic carbocycles. The second kappa shape index (κ2) is 5.89. The summed E-state index contributed by atoms with van der Waals surface area (Å²) < 4.78 is 0. The topological polar surface area (TPSA) is 57.5 Å². The Morgan fingerprint density at radius 3 is 2.50 bits per heavy atom. The Morgan fingerprint density at radius 2 is 1.94 bits per heavy atom. The molecule has 0 aliphatic heterocycles. The smallest absolute Gasteiger partial charge is 0.335 e. The molecule has 0 aliphatic rings. The number of carbonyl (C=O) groups is 1. The number of aromatic carboxylic acids is 1. The Bertz CT molecular complexity index is 422. The van der Waals surface area contributed by atoms with E-state index < -0.39 is 5.97 Å². The van der Waals surface area contributed by atoms with Crippen molar-refractivity contribution in [3.8, 4) is 5.75 Å². The van der Waals surface area contributed by atoms with Crippen LogP contribution in [0.15, 0.2) is 18.2 Å². The van der Waals surface area contributed by atoms with E-state index in [2.05, 4.69) is 6.92 Å². The average Bonchev–Trinajstić information content (AvgIpc) is 2.29. The van der Waals surface area contributed by atoms with E-state index in [9.17, 15) is 9.90 Å². The number of rotatable bonds is 6. The molecule has 0 bridgehead atoms. The fourth-order valence-corrected chi connectivity index (χ4v) is 2.16. The van der Waals surface area contributed by atoms with Crippen LogP contribution in [0.25, 0.3) is 0 Å². The zero-order valence-corrected chi connectivity index (χ0v) is 11.4. The van der Waals surface area contributed by atoms with Crippen molar-refractivity contribution >= 4 is 5.97 Å². The van der Waals surface area contributed by atoms with Crippen molar-refractivity contribution in [1.29, 1.82) is 0 Å².